The first-order chi connectivity index (χ1) is 8.86. The van der Waals surface area contributed by atoms with Crippen LogP contribution in [0.5, 0.6) is 0 Å². The van der Waals surface area contributed by atoms with Crippen LogP contribution < -0.4 is 5.32 Å². The van der Waals surface area contributed by atoms with Gasteiger partial charge in [-0.15, -0.1) is 0 Å². The van der Waals surface area contributed by atoms with Crippen LogP contribution in [0, 0.1) is 0 Å². The molecule has 1 heterocycles. The monoisotopic (exact) mass is 250 g/mol. The SMILES string of the molecule is CCCCCOCc1cccc(CNCCC)n1. The normalized spacial score (nSPS) is 10.8. The molecule has 1 aromatic heterocycles. The van der Waals surface area contributed by atoms with Gasteiger partial charge < -0.3 is 10.1 Å². The number of nitrogens with one attached hydrogen (secondary N) is 1. The Kier molecular flexibility index (Phi) is 8.43. The van der Waals surface area contributed by atoms with Crippen molar-refractivity contribution in [2.75, 3.05) is 13.2 Å². The number of rotatable bonds is 10. The highest BCUT2D eigenvalue weighted by atomic mass is 16.5. The number of pyridine rings is 1. The van der Waals surface area contributed by atoms with Crippen molar-refractivity contribution >= 4 is 0 Å². The van der Waals surface area contributed by atoms with Crippen LogP contribution in [0.4, 0.5) is 0 Å². The highest BCUT2D eigenvalue weighted by Gasteiger charge is 1.98. The van der Waals surface area contributed by atoms with Crippen molar-refractivity contribution in [3.05, 3.63) is 29.6 Å². The van der Waals surface area contributed by atoms with Gasteiger partial charge in [0.1, 0.15) is 0 Å². The molecule has 0 fully saturated rings. The summed E-state index contributed by atoms with van der Waals surface area (Å²) in [6.07, 6.45) is 4.78. The molecule has 3 nitrogen and oxygen atoms in total. The summed E-state index contributed by atoms with van der Waals surface area (Å²) in [5.74, 6) is 0. The first-order valence-electron chi connectivity index (χ1n) is 7.10. The molecule has 0 aliphatic carbocycles. The molecule has 0 spiro atoms. The number of hydrogen-bond donors (Lipinski definition) is 1. The molecular formula is C15H26N2O. The Bertz CT molecular complexity index is 315. The molecule has 0 aromatic carbocycles. The molecule has 0 saturated heterocycles. The van der Waals surface area contributed by atoms with Gasteiger partial charge in [0, 0.05) is 13.2 Å². The summed E-state index contributed by atoms with van der Waals surface area (Å²) in [7, 11) is 0. The van der Waals surface area contributed by atoms with Crippen LogP contribution in [0.1, 0.15) is 50.9 Å². The lowest BCUT2D eigenvalue weighted by atomic mass is 10.3. The Hall–Kier alpha value is -0.930. The second kappa shape index (κ2) is 10.0. The molecule has 1 N–H and O–H groups in total. The third-order valence-electron chi connectivity index (χ3n) is 2.74. The maximum atomic E-state index is 5.62. The van der Waals surface area contributed by atoms with Crippen LogP contribution in [-0.4, -0.2) is 18.1 Å². The third-order valence-corrected chi connectivity index (χ3v) is 2.74. The number of nitrogens with zero attached hydrogens (tertiary/aromatic N) is 1. The summed E-state index contributed by atoms with van der Waals surface area (Å²) in [4.78, 5) is 4.57. The van der Waals surface area contributed by atoms with Crippen LogP contribution in [-0.2, 0) is 17.9 Å². The highest BCUT2D eigenvalue weighted by molar-refractivity contribution is 5.10. The van der Waals surface area contributed by atoms with E-state index in [9.17, 15) is 0 Å². The first-order valence-corrected chi connectivity index (χ1v) is 7.10. The molecule has 0 amide bonds. The van der Waals surface area contributed by atoms with Gasteiger partial charge in [0.2, 0.25) is 0 Å². The van der Waals surface area contributed by atoms with E-state index in [1.165, 1.54) is 12.8 Å². The molecule has 18 heavy (non-hydrogen) atoms. The molecule has 0 aliphatic rings. The molecule has 0 unspecified atom stereocenters. The second-order valence-corrected chi connectivity index (χ2v) is 4.56. The van der Waals surface area contributed by atoms with Crippen molar-refractivity contribution in [2.45, 2.75) is 52.7 Å². The summed E-state index contributed by atoms with van der Waals surface area (Å²) >= 11 is 0. The zero-order chi connectivity index (χ0) is 13.1. The average molecular weight is 250 g/mol. The fourth-order valence-corrected chi connectivity index (χ4v) is 1.73. The van der Waals surface area contributed by atoms with E-state index in [2.05, 4.69) is 36.3 Å². The summed E-state index contributed by atoms with van der Waals surface area (Å²) in [5, 5.41) is 3.36. The molecule has 0 saturated carbocycles. The fraction of sp³-hybridized carbons (Fsp3) is 0.667. The van der Waals surface area contributed by atoms with Crippen molar-refractivity contribution in [2.24, 2.45) is 0 Å². The quantitative estimate of drug-likeness (QED) is 0.647. The van der Waals surface area contributed by atoms with Crippen molar-refractivity contribution < 1.29 is 4.74 Å². The van der Waals surface area contributed by atoms with Crippen LogP contribution in [0.2, 0.25) is 0 Å². The van der Waals surface area contributed by atoms with Crippen LogP contribution in [0.3, 0.4) is 0 Å². The van der Waals surface area contributed by atoms with Gasteiger partial charge in [-0.2, -0.15) is 0 Å². The molecule has 0 aliphatic heterocycles. The minimum absolute atomic E-state index is 0.630. The standard InChI is InChI=1S/C15H26N2O/c1-3-5-6-11-18-13-15-9-7-8-14(17-15)12-16-10-4-2/h7-9,16H,3-6,10-13H2,1-2H3. The van der Waals surface area contributed by atoms with Crippen LogP contribution >= 0.6 is 0 Å². The predicted molar refractivity (Wildman–Crippen MR) is 75.4 cm³/mol. The smallest absolute Gasteiger partial charge is 0.0887 e. The van der Waals surface area contributed by atoms with E-state index in [1.807, 2.05) is 6.07 Å². The zero-order valence-electron chi connectivity index (χ0n) is 11.7. The Balaban J connectivity index is 2.26. The van der Waals surface area contributed by atoms with E-state index < -0.39 is 0 Å². The maximum absolute atomic E-state index is 5.62. The van der Waals surface area contributed by atoms with E-state index >= 15 is 0 Å². The summed E-state index contributed by atoms with van der Waals surface area (Å²) in [6, 6.07) is 6.15. The average Bonchev–Trinajstić information content (AvgIpc) is 2.39. The molecular weight excluding hydrogens is 224 g/mol. The molecule has 3 heteroatoms. The van der Waals surface area contributed by atoms with Gasteiger partial charge in [-0.3, -0.25) is 4.98 Å². The van der Waals surface area contributed by atoms with Gasteiger partial charge in [0.05, 0.1) is 18.0 Å². The predicted octanol–water partition coefficient (Wildman–Crippen LogP) is 3.29. The maximum Gasteiger partial charge on any atom is 0.0887 e. The van der Waals surface area contributed by atoms with Crippen molar-refractivity contribution in [3.63, 3.8) is 0 Å². The van der Waals surface area contributed by atoms with E-state index in [0.717, 1.165) is 43.9 Å². The van der Waals surface area contributed by atoms with Gasteiger partial charge in [-0.05, 0) is 31.5 Å². The number of unbranched alkanes of at least 4 members (excludes halogenated alkanes) is 2. The third kappa shape index (κ3) is 6.72. The largest absolute Gasteiger partial charge is 0.375 e. The van der Waals surface area contributed by atoms with Gasteiger partial charge in [0.15, 0.2) is 0 Å². The summed E-state index contributed by atoms with van der Waals surface area (Å²) in [5.41, 5.74) is 2.13. The van der Waals surface area contributed by atoms with Crippen molar-refractivity contribution in [1.82, 2.24) is 10.3 Å². The lowest BCUT2D eigenvalue weighted by molar-refractivity contribution is 0.114. The highest BCUT2D eigenvalue weighted by Crippen LogP contribution is 2.03. The van der Waals surface area contributed by atoms with E-state index in [0.29, 0.717) is 6.61 Å². The van der Waals surface area contributed by atoms with E-state index in [-0.39, 0.29) is 0 Å². The Labute approximate surface area is 111 Å². The lowest BCUT2D eigenvalue weighted by Gasteiger charge is -2.06. The van der Waals surface area contributed by atoms with Crippen LogP contribution in [0.25, 0.3) is 0 Å². The van der Waals surface area contributed by atoms with E-state index in [4.69, 9.17) is 4.74 Å². The number of ether oxygens (including phenoxy) is 1. The molecule has 0 atom stereocenters. The number of aromatic nitrogens is 1. The van der Waals surface area contributed by atoms with Gasteiger partial charge in [0.25, 0.3) is 0 Å². The Morgan fingerprint density at radius 2 is 1.94 bits per heavy atom. The molecule has 1 rings (SSSR count). The molecule has 102 valence electrons. The molecule has 1 aromatic rings. The van der Waals surface area contributed by atoms with Gasteiger partial charge in [-0.25, -0.2) is 0 Å². The number of hydrogen-bond acceptors (Lipinski definition) is 3. The fourth-order valence-electron chi connectivity index (χ4n) is 1.73. The molecule has 0 bridgehead atoms. The van der Waals surface area contributed by atoms with Gasteiger partial charge in [-0.1, -0.05) is 32.8 Å². The minimum Gasteiger partial charge on any atom is -0.375 e. The van der Waals surface area contributed by atoms with Crippen molar-refractivity contribution in [1.29, 1.82) is 0 Å². The minimum atomic E-state index is 0.630. The molecule has 0 radical (unpaired) electrons. The summed E-state index contributed by atoms with van der Waals surface area (Å²) < 4.78 is 5.62. The van der Waals surface area contributed by atoms with Crippen LogP contribution in [0.15, 0.2) is 18.2 Å². The van der Waals surface area contributed by atoms with Crippen molar-refractivity contribution in [3.8, 4) is 0 Å². The Morgan fingerprint density at radius 3 is 2.72 bits per heavy atom. The topological polar surface area (TPSA) is 34.1 Å². The van der Waals surface area contributed by atoms with E-state index in [1.54, 1.807) is 0 Å². The second-order valence-electron chi connectivity index (χ2n) is 4.56. The zero-order valence-corrected chi connectivity index (χ0v) is 11.7. The van der Waals surface area contributed by atoms with Gasteiger partial charge >= 0.3 is 0 Å². The summed E-state index contributed by atoms with van der Waals surface area (Å²) in [6.45, 7) is 7.73. The first kappa shape index (κ1) is 15.1. The Morgan fingerprint density at radius 1 is 1.11 bits per heavy atom. The lowest BCUT2D eigenvalue weighted by Crippen LogP contribution is -2.15.